The van der Waals surface area contributed by atoms with E-state index in [0.29, 0.717) is 24.1 Å². The van der Waals surface area contributed by atoms with E-state index in [-0.39, 0.29) is 24.0 Å². The van der Waals surface area contributed by atoms with Gasteiger partial charge in [0.05, 0.1) is 30.6 Å². The molecule has 3 fully saturated rings. The van der Waals surface area contributed by atoms with E-state index in [0.717, 1.165) is 0 Å². The van der Waals surface area contributed by atoms with Gasteiger partial charge in [0.2, 0.25) is 5.91 Å². The molecule has 1 N–H and O–H groups in total. The second-order valence-electron chi connectivity index (χ2n) is 14.1. The summed E-state index contributed by atoms with van der Waals surface area (Å²) in [5.74, 6) is -4.61. The first-order valence-electron chi connectivity index (χ1n) is 15.9. The molecule has 6 rings (SSSR count). The molecule has 0 bridgehead atoms. The lowest BCUT2D eigenvalue weighted by Crippen LogP contribution is -2.67. The van der Waals surface area contributed by atoms with E-state index in [1.807, 2.05) is 19.9 Å². The number of hydrogen-bond donors (Lipinski definition) is 1. The lowest BCUT2D eigenvalue weighted by atomic mass is 9.48. The zero-order valence-electron chi connectivity index (χ0n) is 27.5. The van der Waals surface area contributed by atoms with Crippen molar-refractivity contribution in [1.29, 1.82) is 0 Å². The first-order chi connectivity index (χ1) is 22.1. The number of carbonyl (C=O) groups excluding carboxylic acids is 5. The third-order valence-electron chi connectivity index (χ3n) is 11.3. The van der Waals surface area contributed by atoms with Gasteiger partial charge in [0.15, 0.2) is 0 Å². The fourth-order valence-corrected chi connectivity index (χ4v) is 9.29. The Bertz CT molecular complexity index is 1610. The van der Waals surface area contributed by atoms with Gasteiger partial charge in [-0.05, 0) is 38.0 Å². The number of allylic oxidation sites excluding steroid dienone is 1. The summed E-state index contributed by atoms with van der Waals surface area (Å²) in [4.78, 5) is 65.9. The van der Waals surface area contributed by atoms with Crippen molar-refractivity contribution in [3.05, 3.63) is 71.8 Å². The highest BCUT2D eigenvalue weighted by Gasteiger charge is 2.84. The van der Waals surface area contributed by atoms with Gasteiger partial charge in [-0.1, -0.05) is 50.8 Å². The number of amides is 1. The Labute approximate surface area is 273 Å². The average molecular weight is 648 g/mol. The number of cyclic esters (lactones) is 1. The topological polar surface area (TPSA) is 147 Å². The highest BCUT2D eigenvalue weighted by Crippen LogP contribution is 2.75. The van der Waals surface area contributed by atoms with Crippen LogP contribution in [-0.2, 0) is 42.9 Å². The van der Waals surface area contributed by atoms with Gasteiger partial charge < -0.3 is 29.0 Å². The lowest BCUT2D eigenvalue weighted by Gasteiger charge is -2.58. The molecule has 3 heterocycles. The Kier molecular flexibility index (Phi) is 7.77. The molecule has 1 spiro atoms. The van der Waals surface area contributed by atoms with Crippen molar-refractivity contribution in [3.63, 3.8) is 0 Å². The number of esters is 4. The number of epoxide rings is 1. The van der Waals surface area contributed by atoms with Crippen LogP contribution in [0.1, 0.15) is 57.8 Å². The summed E-state index contributed by atoms with van der Waals surface area (Å²) in [5.41, 5.74) is -3.14. The van der Waals surface area contributed by atoms with Crippen molar-refractivity contribution < 1.29 is 47.7 Å². The van der Waals surface area contributed by atoms with Gasteiger partial charge in [-0.25, -0.2) is 9.59 Å². The van der Waals surface area contributed by atoms with Crippen LogP contribution in [0.4, 0.5) is 0 Å². The average Bonchev–Trinajstić information content (AvgIpc) is 3.53. The second kappa shape index (κ2) is 11.2. The Hall–Kier alpha value is -4.25. The van der Waals surface area contributed by atoms with Crippen LogP contribution in [0.5, 0.6) is 0 Å². The van der Waals surface area contributed by atoms with E-state index in [1.54, 1.807) is 50.3 Å². The largest absolute Gasteiger partial charge is 0.469 e. The van der Waals surface area contributed by atoms with E-state index >= 15 is 0 Å². The van der Waals surface area contributed by atoms with E-state index in [4.69, 9.17) is 23.7 Å². The van der Waals surface area contributed by atoms with Gasteiger partial charge >= 0.3 is 23.9 Å². The van der Waals surface area contributed by atoms with Gasteiger partial charge in [-0.15, -0.1) is 0 Å². The second-order valence-corrected chi connectivity index (χ2v) is 14.1. The monoisotopic (exact) mass is 647 g/mol. The van der Waals surface area contributed by atoms with E-state index in [9.17, 15) is 24.0 Å². The molecule has 1 saturated heterocycles. The SMILES string of the molecule is C=C1[C@@H]([C@@]2(C)C=CC(=O)OC(C)(C)[C@@H]2CC(=O)OC)[C@@H](OC(C)=O)[C@H](OC(=O)c2ccccc2)[C@@]2(C)[C@H](C3=CCNC3=O)C[C@H]3O[C@]132. The maximum absolute atomic E-state index is 13.9. The summed E-state index contributed by atoms with van der Waals surface area (Å²) in [6.07, 6.45) is 2.44. The van der Waals surface area contributed by atoms with Gasteiger partial charge in [-0.2, -0.15) is 0 Å². The first-order valence-corrected chi connectivity index (χ1v) is 15.9. The van der Waals surface area contributed by atoms with Crippen molar-refractivity contribution in [1.82, 2.24) is 5.32 Å². The Balaban J connectivity index is 1.58. The molecule has 11 nitrogen and oxygen atoms in total. The van der Waals surface area contributed by atoms with Crippen molar-refractivity contribution >= 4 is 29.8 Å². The quantitative estimate of drug-likeness (QED) is 0.201. The molecule has 2 saturated carbocycles. The van der Waals surface area contributed by atoms with Crippen LogP contribution < -0.4 is 5.32 Å². The zero-order chi connectivity index (χ0) is 34.1. The Morgan fingerprint density at radius 2 is 1.77 bits per heavy atom. The molecule has 250 valence electrons. The van der Waals surface area contributed by atoms with Crippen LogP contribution in [0.2, 0.25) is 0 Å². The number of ether oxygens (including phenoxy) is 5. The number of carbonyl (C=O) groups is 5. The minimum absolute atomic E-state index is 0.146. The molecular weight excluding hydrogens is 606 g/mol. The Morgan fingerprint density at radius 3 is 2.38 bits per heavy atom. The summed E-state index contributed by atoms with van der Waals surface area (Å²) >= 11 is 0. The molecule has 9 atom stereocenters. The smallest absolute Gasteiger partial charge is 0.338 e. The van der Waals surface area contributed by atoms with Crippen LogP contribution in [-0.4, -0.2) is 73.0 Å². The highest BCUT2D eigenvalue weighted by molar-refractivity contribution is 5.97. The van der Waals surface area contributed by atoms with Crippen LogP contribution in [0.3, 0.4) is 0 Å². The van der Waals surface area contributed by atoms with Gasteiger partial charge in [-0.3, -0.25) is 14.4 Å². The summed E-state index contributed by atoms with van der Waals surface area (Å²) in [6.45, 7) is 13.5. The minimum atomic E-state index is -1.20. The third kappa shape index (κ3) is 4.84. The fourth-order valence-electron chi connectivity index (χ4n) is 9.29. The lowest BCUT2D eigenvalue weighted by molar-refractivity contribution is -0.198. The van der Waals surface area contributed by atoms with E-state index in [1.165, 1.54) is 20.1 Å². The van der Waals surface area contributed by atoms with Gasteiger partial charge in [0.1, 0.15) is 23.4 Å². The molecule has 2 aliphatic carbocycles. The molecular formula is C36H41NO10. The normalized spacial score (nSPS) is 38.2. The molecule has 0 unspecified atom stereocenters. The highest BCUT2D eigenvalue weighted by atomic mass is 16.6. The van der Waals surface area contributed by atoms with Gasteiger partial charge in [0.25, 0.3) is 0 Å². The standard InChI is InChI=1S/C36H41NO10/c1-19-28(34(5)15-13-26(39)47-33(3,4)24(34)18-27(40)43-7)29(44-20(2)38)30(45-32(42)21-11-9-8-10-12-21)35(6)23(17-25-36(19,35)46-25)22-14-16-37-31(22)41/h8-15,23-25,28-30H,1,16-18H2,2-7H3,(H,37,41)/t23-,24-,25+,28+,29+,30-,34-,35+,36+/m0/s1. The predicted molar refractivity (Wildman–Crippen MR) is 166 cm³/mol. The minimum Gasteiger partial charge on any atom is -0.469 e. The zero-order valence-corrected chi connectivity index (χ0v) is 27.5. The molecule has 5 aliphatic rings. The molecule has 1 aromatic rings. The van der Waals surface area contributed by atoms with Crippen molar-refractivity contribution in [2.24, 2.45) is 28.6 Å². The first kappa shape index (κ1) is 32.7. The van der Waals surface area contributed by atoms with E-state index in [2.05, 4.69) is 11.9 Å². The molecule has 0 radical (unpaired) electrons. The fraction of sp³-hybridized carbons (Fsp3) is 0.528. The van der Waals surface area contributed by atoms with Crippen LogP contribution >= 0.6 is 0 Å². The summed E-state index contributed by atoms with van der Waals surface area (Å²) in [6, 6.07) is 8.47. The van der Waals surface area contributed by atoms with Crippen LogP contribution in [0.25, 0.3) is 0 Å². The van der Waals surface area contributed by atoms with Crippen LogP contribution in [0.15, 0.2) is 66.3 Å². The molecule has 47 heavy (non-hydrogen) atoms. The molecule has 11 heteroatoms. The molecule has 0 aromatic heterocycles. The number of methoxy groups -OCH3 is 1. The number of hydrogen-bond acceptors (Lipinski definition) is 10. The summed E-state index contributed by atoms with van der Waals surface area (Å²) in [5, 5.41) is 2.85. The maximum atomic E-state index is 13.9. The van der Waals surface area contributed by atoms with Crippen molar-refractivity contribution in [2.75, 3.05) is 13.7 Å². The summed E-state index contributed by atoms with van der Waals surface area (Å²) < 4.78 is 30.2. The number of benzene rings is 1. The van der Waals surface area contributed by atoms with Crippen LogP contribution in [0, 0.1) is 28.6 Å². The molecule has 1 aromatic carbocycles. The molecule has 3 aliphatic heterocycles. The Morgan fingerprint density at radius 1 is 1.06 bits per heavy atom. The van der Waals surface area contributed by atoms with Gasteiger partial charge in [0, 0.05) is 48.3 Å². The van der Waals surface area contributed by atoms with Crippen molar-refractivity contribution in [3.8, 4) is 0 Å². The maximum Gasteiger partial charge on any atom is 0.338 e. The predicted octanol–water partition coefficient (Wildman–Crippen LogP) is 3.63. The van der Waals surface area contributed by atoms with E-state index < -0.39 is 75.9 Å². The van der Waals surface area contributed by atoms with Crippen molar-refractivity contribution in [2.45, 2.75) is 77.0 Å². The molecule has 1 amide bonds. The number of nitrogens with one attached hydrogen (secondary N) is 1. The number of rotatable bonds is 7. The summed E-state index contributed by atoms with van der Waals surface area (Å²) in [7, 11) is 1.28. The third-order valence-corrected chi connectivity index (χ3v) is 11.3.